The van der Waals surface area contributed by atoms with Crippen molar-refractivity contribution in [1.82, 2.24) is 9.97 Å². The number of nitrogens with zero attached hydrogens (tertiary/aromatic N) is 3. The molecule has 106 valence electrons. The van der Waals surface area contributed by atoms with Crippen molar-refractivity contribution in [3.05, 3.63) is 36.3 Å². The Morgan fingerprint density at radius 2 is 2.00 bits per heavy atom. The highest BCUT2D eigenvalue weighted by Gasteiger charge is 2.13. The highest BCUT2D eigenvalue weighted by molar-refractivity contribution is 5.61. The second-order valence-electron chi connectivity index (χ2n) is 4.15. The maximum Gasteiger partial charge on any atom is 0.224 e. The first-order valence-corrected chi connectivity index (χ1v) is 6.30. The molecular weight excluding hydrogens is 259 g/mol. The average molecular weight is 276 g/mol. The van der Waals surface area contributed by atoms with Crippen molar-refractivity contribution in [2.45, 2.75) is 6.92 Å². The average Bonchev–Trinajstić information content (AvgIpc) is 2.49. The van der Waals surface area contributed by atoms with Gasteiger partial charge in [0.25, 0.3) is 0 Å². The van der Waals surface area contributed by atoms with Crippen LogP contribution in [-0.4, -0.2) is 30.7 Å². The quantitative estimate of drug-likeness (QED) is 0.910. The molecule has 0 aliphatic rings. The number of halogens is 1. The molecule has 6 heteroatoms. The molecule has 20 heavy (non-hydrogen) atoms. The summed E-state index contributed by atoms with van der Waals surface area (Å²) in [6.07, 6.45) is 1.17. The van der Waals surface area contributed by atoms with E-state index in [1.54, 1.807) is 19.1 Å². The summed E-state index contributed by atoms with van der Waals surface area (Å²) in [5.41, 5.74) is 0.811. The maximum atomic E-state index is 13.9. The van der Waals surface area contributed by atoms with Gasteiger partial charge in [0.1, 0.15) is 5.75 Å². The van der Waals surface area contributed by atoms with E-state index >= 15 is 0 Å². The zero-order valence-corrected chi connectivity index (χ0v) is 11.7. The molecule has 0 aliphatic carbocycles. The molecule has 0 saturated heterocycles. The third-order valence-corrected chi connectivity index (χ3v) is 2.84. The molecule has 2 rings (SSSR count). The van der Waals surface area contributed by atoms with Crippen LogP contribution < -0.4 is 15.0 Å². The molecule has 0 bridgehead atoms. The maximum absolute atomic E-state index is 13.9. The van der Waals surface area contributed by atoms with Crippen molar-refractivity contribution in [2.24, 2.45) is 0 Å². The Bertz CT molecular complexity index is 574. The Balaban J connectivity index is 2.30. The van der Waals surface area contributed by atoms with Crippen LogP contribution in [0, 0.1) is 5.82 Å². The third kappa shape index (κ3) is 2.96. The van der Waals surface area contributed by atoms with E-state index in [2.05, 4.69) is 15.3 Å². The summed E-state index contributed by atoms with van der Waals surface area (Å²) in [6.45, 7) is 2.61. The van der Waals surface area contributed by atoms with Gasteiger partial charge in [-0.3, -0.25) is 0 Å². The number of anilines is 3. The highest BCUT2D eigenvalue weighted by Crippen LogP contribution is 2.26. The molecule has 5 nitrogen and oxygen atoms in total. The van der Waals surface area contributed by atoms with Crippen LogP contribution in [0.3, 0.4) is 0 Å². The van der Waals surface area contributed by atoms with Crippen molar-refractivity contribution in [2.75, 3.05) is 30.9 Å². The summed E-state index contributed by atoms with van der Waals surface area (Å²) in [6, 6.07) is 7.31. The second kappa shape index (κ2) is 6.18. The first-order chi connectivity index (χ1) is 9.65. The van der Waals surface area contributed by atoms with Crippen molar-refractivity contribution in [3.63, 3.8) is 0 Å². The van der Waals surface area contributed by atoms with Crippen molar-refractivity contribution < 1.29 is 9.13 Å². The molecule has 0 spiro atoms. The van der Waals surface area contributed by atoms with Gasteiger partial charge in [0.15, 0.2) is 11.6 Å². The Kier molecular flexibility index (Phi) is 4.34. The van der Waals surface area contributed by atoms with Crippen LogP contribution >= 0.6 is 0 Å². The molecule has 0 atom stereocenters. The van der Waals surface area contributed by atoms with E-state index in [4.69, 9.17) is 4.74 Å². The minimum absolute atomic E-state index is 0.223. The fourth-order valence-electron chi connectivity index (χ4n) is 1.76. The lowest BCUT2D eigenvalue weighted by Gasteiger charge is -2.19. The van der Waals surface area contributed by atoms with Crippen molar-refractivity contribution in [1.29, 1.82) is 0 Å². The largest absolute Gasteiger partial charge is 0.497 e. The van der Waals surface area contributed by atoms with Gasteiger partial charge in [0, 0.05) is 19.3 Å². The monoisotopic (exact) mass is 276 g/mol. The van der Waals surface area contributed by atoms with Gasteiger partial charge < -0.3 is 15.0 Å². The van der Waals surface area contributed by atoms with E-state index in [0.29, 0.717) is 12.5 Å². The third-order valence-electron chi connectivity index (χ3n) is 2.84. The normalized spacial score (nSPS) is 10.2. The van der Waals surface area contributed by atoms with Crippen LogP contribution in [-0.2, 0) is 0 Å². The van der Waals surface area contributed by atoms with E-state index < -0.39 is 5.82 Å². The van der Waals surface area contributed by atoms with E-state index in [1.807, 2.05) is 31.2 Å². The Morgan fingerprint density at radius 1 is 1.30 bits per heavy atom. The van der Waals surface area contributed by atoms with Crippen LogP contribution in [0.2, 0.25) is 0 Å². The molecule has 0 fully saturated rings. The Hall–Kier alpha value is -2.37. The topological polar surface area (TPSA) is 50.3 Å². The Morgan fingerprint density at radius 3 is 2.60 bits per heavy atom. The van der Waals surface area contributed by atoms with E-state index in [1.165, 1.54) is 6.20 Å². The molecular formula is C14H17FN4O. The van der Waals surface area contributed by atoms with Gasteiger partial charge in [-0.15, -0.1) is 0 Å². The smallest absolute Gasteiger partial charge is 0.224 e. The minimum Gasteiger partial charge on any atom is -0.497 e. The fraction of sp³-hybridized carbons (Fsp3) is 0.286. The van der Waals surface area contributed by atoms with Gasteiger partial charge in [-0.2, -0.15) is 4.98 Å². The Labute approximate surface area is 117 Å². The number of rotatable bonds is 5. The number of methoxy groups -OCH3 is 1. The molecule has 0 amide bonds. The number of hydrogen-bond donors (Lipinski definition) is 1. The van der Waals surface area contributed by atoms with Gasteiger partial charge in [-0.1, -0.05) is 0 Å². The molecule has 1 aromatic heterocycles. The summed E-state index contributed by atoms with van der Waals surface area (Å²) in [4.78, 5) is 9.73. The highest BCUT2D eigenvalue weighted by atomic mass is 19.1. The van der Waals surface area contributed by atoms with E-state index in [-0.39, 0.29) is 5.82 Å². The van der Waals surface area contributed by atoms with Gasteiger partial charge in [0.2, 0.25) is 5.95 Å². The van der Waals surface area contributed by atoms with Crippen LogP contribution in [0.5, 0.6) is 5.75 Å². The zero-order chi connectivity index (χ0) is 14.5. The molecule has 1 heterocycles. The molecule has 0 radical (unpaired) electrons. The van der Waals surface area contributed by atoms with Crippen LogP contribution in [0.1, 0.15) is 6.92 Å². The van der Waals surface area contributed by atoms with Crippen molar-refractivity contribution >= 4 is 17.5 Å². The predicted molar refractivity (Wildman–Crippen MR) is 77.2 cm³/mol. The van der Waals surface area contributed by atoms with E-state index in [0.717, 1.165) is 11.4 Å². The second-order valence-corrected chi connectivity index (χ2v) is 4.15. The standard InChI is InChI=1S/C14H17FN4O/c1-4-16-14-17-9-12(15)13(18-14)19(2)10-5-7-11(20-3)8-6-10/h5-9H,4H2,1-3H3,(H,16,17,18). The molecule has 1 aromatic carbocycles. The first kappa shape index (κ1) is 14.0. The molecule has 1 N–H and O–H groups in total. The van der Waals surface area contributed by atoms with E-state index in [9.17, 15) is 4.39 Å². The van der Waals surface area contributed by atoms with Crippen LogP contribution in [0.25, 0.3) is 0 Å². The summed E-state index contributed by atoms with van der Waals surface area (Å²) >= 11 is 0. The lowest BCUT2D eigenvalue weighted by Crippen LogP contribution is -2.15. The minimum atomic E-state index is -0.468. The fourth-order valence-corrected chi connectivity index (χ4v) is 1.76. The SMILES string of the molecule is CCNc1ncc(F)c(N(C)c2ccc(OC)cc2)n1. The summed E-state index contributed by atoms with van der Waals surface area (Å²) in [5, 5.41) is 2.96. The first-order valence-electron chi connectivity index (χ1n) is 6.30. The van der Waals surface area contributed by atoms with Crippen molar-refractivity contribution in [3.8, 4) is 5.75 Å². The molecule has 2 aromatic rings. The lowest BCUT2D eigenvalue weighted by atomic mass is 10.3. The predicted octanol–water partition coefficient (Wildman–Crippen LogP) is 2.82. The summed E-state index contributed by atoms with van der Waals surface area (Å²) < 4.78 is 19.0. The van der Waals surface area contributed by atoms with Gasteiger partial charge in [-0.25, -0.2) is 9.37 Å². The van der Waals surface area contributed by atoms with Gasteiger partial charge >= 0.3 is 0 Å². The van der Waals surface area contributed by atoms with Gasteiger partial charge in [-0.05, 0) is 31.2 Å². The number of benzene rings is 1. The zero-order valence-electron chi connectivity index (χ0n) is 11.7. The van der Waals surface area contributed by atoms with Crippen LogP contribution in [0.15, 0.2) is 30.5 Å². The number of hydrogen-bond acceptors (Lipinski definition) is 5. The number of nitrogens with one attached hydrogen (secondary N) is 1. The van der Waals surface area contributed by atoms with Gasteiger partial charge in [0.05, 0.1) is 13.3 Å². The lowest BCUT2D eigenvalue weighted by molar-refractivity contribution is 0.415. The summed E-state index contributed by atoms with van der Waals surface area (Å²) in [7, 11) is 3.36. The molecule has 0 unspecified atom stereocenters. The molecule has 0 saturated carbocycles. The molecule has 0 aliphatic heterocycles. The number of aromatic nitrogens is 2. The number of ether oxygens (including phenoxy) is 1. The summed E-state index contributed by atoms with van der Waals surface area (Å²) in [5.74, 6) is 0.911. The van der Waals surface area contributed by atoms with Crippen LogP contribution in [0.4, 0.5) is 21.8 Å².